The molecule has 0 aliphatic carbocycles. The van der Waals surface area contributed by atoms with E-state index in [2.05, 4.69) is 6.92 Å². The molecular formula is C21H39NO4. The summed E-state index contributed by atoms with van der Waals surface area (Å²) in [5, 5.41) is 18.9. The van der Waals surface area contributed by atoms with Gasteiger partial charge in [-0.05, 0) is 6.42 Å². The number of hydrogen-bond acceptors (Lipinski definition) is 3. The number of carbonyl (C=O) groups excluding carboxylic acids is 1. The van der Waals surface area contributed by atoms with Crippen molar-refractivity contribution in [3.63, 3.8) is 0 Å². The van der Waals surface area contributed by atoms with Gasteiger partial charge in [0.2, 0.25) is 5.91 Å². The first kappa shape index (κ1) is 22.9. The van der Waals surface area contributed by atoms with Crippen LogP contribution in [0.4, 0.5) is 0 Å². The monoisotopic (exact) mass is 369 g/mol. The fourth-order valence-electron chi connectivity index (χ4n) is 3.81. The summed E-state index contributed by atoms with van der Waals surface area (Å²) in [5.74, 6) is -1.31. The van der Waals surface area contributed by atoms with E-state index < -0.39 is 18.1 Å². The molecular weight excluding hydrogens is 330 g/mol. The van der Waals surface area contributed by atoms with E-state index in [0.717, 1.165) is 19.3 Å². The first-order valence-electron chi connectivity index (χ1n) is 10.7. The lowest BCUT2D eigenvalue weighted by Gasteiger charge is -2.24. The van der Waals surface area contributed by atoms with E-state index in [1.807, 2.05) is 6.92 Å². The Kier molecular flexibility index (Phi) is 11.6. The minimum Gasteiger partial charge on any atom is -0.480 e. The predicted molar refractivity (Wildman–Crippen MR) is 104 cm³/mol. The van der Waals surface area contributed by atoms with E-state index >= 15 is 0 Å². The number of nitrogens with zero attached hydrogens (tertiary/aromatic N) is 1. The molecule has 2 N–H and O–H groups in total. The summed E-state index contributed by atoms with van der Waals surface area (Å²) in [6.07, 6.45) is 14.3. The van der Waals surface area contributed by atoms with E-state index in [1.165, 1.54) is 62.7 Å². The lowest BCUT2D eigenvalue weighted by atomic mass is 9.99. The Hall–Kier alpha value is -1.10. The molecule has 0 aromatic carbocycles. The zero-order valence-corrected chi connectivity index (χ0v) is 16.8. The van der Waals surface area contributed by atoms with Gasteiger partial charge in [-0.25, -0.2) is 4.79 Å². The maximum atomic E-state index is 12.5. The molecule has 1 amide bonds. The first-order chi connectivity index (χ1) is 12.5. The molecule has 3 atom stereocenters. The summed E-state index contributed by atoms with van der Waals surface area (Å²) in [4.78, 5) is 25.1. The van der Waals surface area contributed by atoms with Crippen LogP contribution in [-0.2, 0) is 9.59 Å². The van der Waals surface area contributed by atoms with Crippen LogP contribution in [0.2, 0.25) is 0 Å². The van der Waals surface area contributed by atoms with Crippen LogP contribution in [0.25, 0.3) is 0 Å². The summed E-state index contributed by atoms with van der Waals surface area (Å²) in [5.41, 5.74) is 0. The van der Waals surface area contributed by atoms with Crippen LogP contribution in [0.1, 0.15) is 97.3 Å². The number of likely N-dealkylation sites (tertiary alicyclic amines) is 1. The molecule has 0 radical (unpaired) electrons. The number of amides is 1. The fraction of sp³-hybridized carbons (Fsp3) is 0.905. The number of carboxylic acid groups (broad SMARTS) is 1. The molecule has 1 unspecified atom stereocenters. The van der Waals surface area contributed by atoms with E-state index in [0.29, 0.717) is 0 Å². The molecule has 0 saturated carbocycles. The highest BCUT2D eigenvalue weighted by Crippen LogP contribution is 2.23. The van der Waals surface area contributed by atoms with Gasteiger partial charge in [0.05, 0.1) is 6.10 Å². The number of carbonyl (C=O) groups is 2. The number of aliphatic hydroxyl groups is 1. The van der Waals surface area contributed by atoms with Gasteiger partial charge < -0.3 is 15.1 Å². The second-order valence-electron chi connectivity index (χ2n) is 7.96. The van der Waals surface area contributed by atoms with Crippen LogP contribution in [0.15, 0.2) is 0 Å². The van der Waals surface area contributed by atoms with Crippen molar-refractivity contribution in [2.75, 3.05) is 6.54 Å². The Balaban J connectivity index is 2.08. The molecule has 26 heavy (non-hydrogen) atoms. The van der Waals surface area contributed by atoms with Crippen LogP contribution in [0.3, 0.4) is 0 Å². The third-order valence-electron chi connectivity index (χ3n) is 5.51. The van der Waals surface area contributed by atoms with Crippen molar-refractivity contribution in [2.45, 2.75) is 109 Å². The van der Waals surface area contributed by atoms with Gasteiger partial charge in [-0.1, -0.05) is 84.5 Å². The highest BCUT2D eigenvalue weighted by molar-refractivity contribution is 5.85. The van der Waals surface area contributed by atoms with E-state index in [1.54, 1.807) is 0 Å². The largest absolute Gasteiger partial charge is 0.480 e. The zero-order valence-electron chi connectivity index (χ0n) is 16.8. The van der Waals surface area contributed by atoms with Crippen molar-refractivity contribution in [1.29, 1.82) is 0 Å². The van der Waals surface area contributed by atoms with Crippen LogP contribution < -0.4 is 0 Å². The van der Waals surface area contributed by atoms with Crippen molar-refractivity contribution in [1.82, 2.24) is 4.90 Å². The Morgan fingerprint density at radius 3 is 1.96 bits per heavy atom. The Bertz CT molecular complexity index is 413. The first-order valence-corrected chi connectivity index (χ1v) is 10.7. The highest BCUT2D eigenvalue weighted by Gasteiger charge is 2.39. The van der Waals surface area contributed by atoms with Crippen molar-refractivity contribution >= 4 is 11.9 Å². The smallest absolute Gasteiger partial charge is 0.326 e. The Morgan fingerprint density at radius 1 is 0.962 bits per heavy atom. The summed E-state index contributed by atoms with van der Waals surface area (Å²) < 4.78 is 0. The maximum Gasteiger partial charge on any atom is 0.326 e. The van der Waals surface area contributed by atoms with Crippen molar-refractivity contribution in [3.8, 4) is 0 Å². The van der Waals surface area contributed by atoms with Crippen LogP contribution in [0.5, 0.6) is 0 Å². The van der Waals surface area contributed by atoms with Crippen LogP contribution in [-0.4, -0.2) is 45.7 Å². The molecule has 0 aromatic heterocycles. The van der Waals surface area contributed by atoms with Crippen molar-refractivity contribution < 1.29 is 19.8 Å². The molecule has 0 aromatic rings. The molecule has 0 bridgehead atoms. The number of carboxylic acids is 1. The summed E-state index contributed by atoms with van der Waals surface area (Å²) >= 11 is 0. The second-order valence-corrected chi connectivity index (χ2v) is 7.96. The molecule has 0 spiro atoms. The van der Waals surface area contributed by atoms with Crippen LogP contribution >= 0.6 is 0 Å². The lowest BCUT2D eigenvalue weighted by molar-refractivity contribution is -0.149. The Labute approximate surface area is 159 Å². The molecule has 1 rings (SSSR count). The molecule has 1 saturated heterocycles. The van der Waals surface area contributed by atoms with Gasteiger partial charge >= 0.3 is 5.97 Å². The quantitative estimate of drug-likeness (QED) is 0.446. The minimum atomic E-state index is -1.02. The molecule has 5 nitrogen and oxygen atoms in total. The number of unbranched alkanes of at least 4 members (excludes halogenated alkanes) is 10. The average molecular weight is 370 g/mol. The molecule has 1 heterocycles. The molecule has 1 aliphatic rings. The highest BCUT2D eigenvalue weighted by atomic mass is 16.4. The van der Waals surface area contributed by atoms with E-state index in [9.17, 15) is 19.8 Å². The Morgan fingerprint density at radius 2 is 1.46 bits per heavy atom. The molecule has 152 valence electrons. The van der Waals surface area contributed by atoms with Gasteiger partial charge in [0.1, 0.15) is 6.04 Å². The fourth-order valence-corrected chi connectivity index (χ4v) is 3.81. The van der Waals surface area contributed by atoms with Gasteiger partial charge in [0.15, 0.2) is 0 Å². The third kappa shape index (κ3) is 8.52. The van der Waals surface area contributed by atoms with Crippen molar-refractivity contribution in [2.24, 2.45) is 5.92 Å². The van der Waals surface area contributed by atoms with E-state index in [4.69, 9.17) is 0 Å². The lowest BCUT2D eigenvalue weighted by Crippen LogP contribution is -2.43. The second kappa shape index (κ2) is 13.1. The normalized spacial score (nSPS) is 21.1. The number of aliphatic carboxylic acids is 1. The zero-order chi connectivity index (χ0) is 19.4. The molecule has 1 aliphatic heterocycles. The van der Waals surface area contributed by atoms with Gasteiger partial charge in [-0.3, -0.25) is 4.79 Å². The topological polar surface area (TPSA) is 77.8 Å². The molecule has 5 heteroatoms. The number of β-amino-alcohol motifs (C(OH)–C–C–N with tert-alkyl or cyclic N) is 1. The molecule has 1 fully saturated rings. The summed E-state index contributed by atoms with van der Waals surface area (Å²) in [7, 11) is 0. The summed E-state index contributed by atoms with van der Waals surface area (Å²) in [6, 6.07) is -0.864. The van der Waals surface area contributed by atoms with Crippen molar-refractivity contribution in [3.05, 3.63) is 0 Å². The SMILES string of the molecule is CCCCCCCCCCCCCC(C)C(=O)N1C[C@H](O)C[C@H]1C(=O)O. The number of hydrogen-bond donors (Lipinski definition) is 2. The average Bonchev–Trinajstić information content (AvgIpc) is 3.01. The minimum absolute atomic E-state index is 0.124. The van der Waals surface area contributed by atoms with Crippen LogP contribution in [0, 0.1) is 5.92 Å². The standard InChI is InChI=1S/C21H39NO4/c1-3-4-5-6-7-8-9-10-11-12-13-14-17(2)20(24)22-16-18(23)15-19(22)21(25)26/h17-19,23H,3-16H2,1-2H3,(H,25,26)/t17?,18-,19+/m1/s1. The predicted octanol–water partition coefficient (Wildman–Crippen LogP) is 4.37. The van der Waals surface area contributed by atoms with Gasteiger partial charge in [-0.2, -0.15) is 0 Å². The summed E-state index contributed by atoms with van der Waals surface area (Å²) in [6.45, 7) is 4.27. The van der Waals surface area contributed by atoms with Gasteiger partial charge in [0.25, 0.3) is 0 Å². The van der Waals surface area contributed by atoms with E-state index in [-0.39, 0.29) is 24.8 Å². The number of rotatable bonds is 14. The third-order valence-corrected chi connectivity index (χ3v) is 5.51. The van der Waals surface area contributed by atoms with Gasteiger partial charge in [0, 0.05) is 18.9 Å². The van der Waals surface area contributed by atoms with Gasteiger partial charge in [-0.15, -0.1) is 0 Å². The number of aliphatic hydroxyl groups excluding tert-OH is 1. The maximum absolute atomic E-state index is 12.5.